The molecular formula is C12H19F2NO4. The number of hydrogen-bond acceptors (Lipinski definition) is 3. The first-order valence-corrected chi connectivity index (χ1v) is 6.27. The number of halogens is 2. The summed E-state index contributed by atoms with van der Waals surface area (Å²) in [5.74, 6) is -1.40. The lowest BCUT2D eigenvalue weighted by Crippen LogP contribution is -2.57. The lowest BCUT2D eigenvalue weighted by Gasteiger charge is -2.41. The van der Waals surface area contributed by atoms with E-state index in [1.54, 1.807) is 0 Å². The lowest BCUT2D eigenvalue weighted by molar-refractivity contribution is -0.161. The molecule has 0 saturated carbocycles. The van der Waals surface area contributed by atoms with Crippen molar-refractivity contribution in [1.29, 1.82) is 0 Å². The first kappa shape index (κ1) is 15.8. The Labute approximate surface area is 110 Å². The van der Waals surface area contributed by atoms with Crippen LogP contribution in [0.4, 0.5) is 8.78 Å². The maximum atomic E-state index is 12.0. The van der Waals surface area contributed by atoms with Crippen molar-refractivity contribution < 1.29 is 28.2 Å². The first-order valence-electron chi connectivity index (χ1n) is 6.27. The number of carboxylic acid groups (broad SMARTS) is 1. The number of rotatable bonds is 6. The van der Waals surface area contributed by atoms with E-state index in [0.29, 0.717) is 13.0 Å². The van der Waals surface area contributed by atoms with Gasteiger partial charge >= 0.3 is 5.97 Å². The summed E-state index contributed by atoms with van der Waals surface area (Å²) in [6.45, 7) is 1.09. The van der Waals surface area contributed by atoms with Crippen molar-refractivity contribution in [3.63, 3.8) is 0 Å². The van der Waals surface area contributed by atoms with E-state index >= 15 is 0 Å². The summed E-state index contributed by atoms with van der Waals surface area (Å²) in [7, 11) is 0. The normalized spacial score (nSPS) is 23.7. The minimum absolute atomic E-state index is 0.0738. The monoisotopic (exact) mass is 279 g/mol. The highest BCUT2D eigenvalue weighted by Gasteiger charge is 2.43. The van der Waals surface area contributed by atoms with Gasteiger partial charge in [0.05, 0.1) is 13.0 Å². The van der Waals surface area contributed by atoms with Gasteiger partial charge in [-0.25, -0.2) is 13.6 Å². The second-order valence-corrected chi connectivity index (χ2v) is 4.80. The number of aliphatic carboxylic acids is 1. The molecular weight excluding hydrogens is 260 g/mol. The largest absolute Gasteiger partial charge is 0.480 e. The Bertz CT molecular complexity index is 338. The van der Waals surface area contributed by atoms with E-state index < -0.39 is 24.5 Å². The van der Waals surface area contributed by atoms with Gasteiger partial charge in [0.25, 0.3) is 6.43 Å². The lowest BCUT2D eigenvalue weighted by atomic mass is 9.88. The van der Waals surface area contributed by atoms with E-state index in [1.165, 1.54) is 11.8 Å². The van der Waals surface area contributed by atoms with Gasteiger partial charge in [-0.1, -0.05) is 0 Å². The molecule has 1 rings (SSSR count). The minimum atomic E-state index is -2.56. The topological polar surface area (TPSA) is 66.8 Å². The molecule has 0 aromatic rings. The highest BCUT2D eigenvalue weighted by molar-refractivity contribution is 5.87. The molecule has 1 N–H and O–H groups in total. The Morgan fingerprint density at radius 1 is 1.42 bits per heavy atom. The van der Waals surface area contributed by atoms with Crippen LogP contribution in [-0.4, -0.2) is 53.6 Å². The zero-order valence-electron chi connectivity index (χ0n) is 10.9. The van der Waals surface area contributed by atoms with E-state index in [4.69, 9.17) is 0 Å². The molecule has 19 heavy (non-hydrogen) atoms. The van der Waals surface area contributed by atoms with Crippen LogP contribution < -0.4 is 0 Å². The van der Waals surface area contributed by atoms with Gasteiger partial charge in [0.2, 0.25) is 5.91 Å². The van der Waals surface area contributed by atoms with Crippen molar-refractivity contribution in [3.05, 3.63) is 0 Å². The first-order chi connectivity index (χ1) is 8.88. The number of amides is 1. The third kappa shape index (κ3) is 4.12. The average molecular weight is 279 g/mol. The highest BCUT2D eigenvalue weighted by atomic mass is 19.3. The van der Waals surface area contributed by atoms with Gasteiger partial charge in [0.15, 0.2) is 0 Å². The Morgan fingerprint density at radius 2 is 2.11 bits per heavy atom. The zero-order chi connectivity index (χ0) is 14.5. The van der Waals surface area contributed by atoms with E-state index in [-0.39, 0.29) is 18.9 Å². The van der Waals surface area contributed by atoms with E-state index in [1.807, 2.05) is 0 Å². The van der Waals surface area contributed by atoms with Crippen LogP contribution in [0.25, 0.3) is 0 Å². The molecule has 1 aliphatic rings. The Hall–Kier alpha value is -1.24. The van der Waals surface area contributed by atoms with Gasteiger partial charge in [0, 0.05) is 6.54 Å². The molecule has 1 aliphatic heterocycles. The fourth-order valence-electron chi connectivity index (χ4n) is 2.21. The molecule has 110 valence electrons. The Morgan fingerprint density at radius 3 is 2.68 bits per heavy atom. The molecule has 1 atom stereocenters. The maximum absolute atomic E-state index is 12.0. The van der Waals surface area contributed by atoms with Crippen molar-refractivity contribution in [3.8, 4) is 0 Å². The highest BCUT2D eigenvalue weighted by Crippen LogP contribution is 2.28. The molecule has 0 radical (unpaired) electrons. The molecule has 0 bridgehead atoms. The molecule has 0 aliphatic carbocycles. The van der Waals surface area contributed by atoms with Gasteiger partial charge in [-0.2, -0.15) is 0 Å². The Balaban J connectivity index is 2.51. The minimum Gasteiger partial charge on any atom is -0.480 e. The molecule has 1 saturated heterocycles. The summed E-state index contributed by atoms with van der Waals surface area (Å²) in [6, 6.07) is 0. The van der Waals surface area contributed by atoms with Crippen molar-refractivity contribution in [2.24, 2.45) is 0 Å². The number of carbonyl (C=O) groups is 2. The van der Waals surface area contributed by atoms with E-state index in [0.717, 1.165) is 12.8 Å². The molecule has 1 heterocycles. The third-order valence-corrected chi connectivity index (χ3v) is 3.36. The summed E-state index contributed by atoms with van der Waals surface area (Å²) >= 11 is 0. The molecule has 0 aromatic carbocycles. The van der Waals surface area contributed by atoms with Crippen LogP contribution in [0, 0.1) is 0 Å². The third-order valence-electron chi connectivity index (χ3n) is 3.36. The molecule has 7 heteroatoms. The fraction of sp³-hybridized carbons (Fsp3) is 0.833. The van der Waals surface area contributed by atoms with Crippen molar-refractivity contribution in [2.45, 2.75) is 44.6 Å². The summed E-state index contributed by atoms with van der Waals surface area (Å²) in [5.41, 5.74) is -1.20. The van der Waals surface area contributed by atoms with Crippen LogP contribution in [0.1, 0.15) is 32.6 Å². The summed E-state index contributed by atoms with van der Waals surface area (Å²) in [6.07, 6.45) is -0.711. The van der Waals surface area contributed by atoms with Crippen LogP contribution in [0.15, 0.2) is 0 Å². The maximum Gasteiger partial charge on any atom is 0.329 e. The van der Waals surface area contributed by atoms with Crippen molar-refractivity contribution in [2.75, 3.05) is 19.8 Å². The van der Waals surface area contributed by atoms with Crippen LogP contribution in [0.3, 0.4) is 0 Å². The van der Waals surface area contributed by atoms with Gasteiger partial charge in [-0.15, -0.1) is 0 Å². The predicted octanol–water partition coefficient (Wildman–Crippen LogP) is 1.51. The summed E-state index contributed by atoms with van der Waals surface area (Å²) in [5, 5.41) is 9.24. The van der Waals surface area contributed by atoms with Gasteiger partial charge in [0.1, 0.15) is 12.1 Å². The average Bonchev–Trinajstić information content (AvgIpc) is 2.34. The number of piperidine rings is 1. The van der Waals surface area contributed by atoms with Crippen LogP contribution in [-0.2, 0) is 14.3 Å². The zero-order valence-corrected chi connectivity index (χ0v) is 10.9. The Kier molecular flexibility index (Phi) is 5.65. The quantitative estimate of drug-likeness (QED) is 0.748. The standard InChI is InChI=1S/C12H19F2NO4/c1-12(11(17)18)5-2-3-6-15(12)10(16)4-7-19-8-9(13)14/h9H,2-8H2,1H3,(H,17,18). The molecule has 0 spiro atoms. The number of ether oxygens (including phenoxy) is 1. The van der Waals surface area contributed by atoms with Gasteiger partial charge in [-0.05, 0) is 26.2 Å². The SMILES string of the molecule is CC1(C(=O)O)CCCCN1C(=O)CCOCC(F)F. The second kappa shape index (κ2) is 6.79. The van der Waals surface area contributed by atoms with E-state index in [9.17, 15) is 23.5 Å². The molecule has 1 unspecified atom stereocenters. The van der Waals surface area contributed by atoms with E-state index in [2.05, 4.69) is 4.74 Å². The fourth-order valence-corrected chi connectivity index (χ4v) is 2.21. The van der Waals surface area contributed by atoms with Crippen LogP contribution >= 0.6 is 0 Å². The smallest absolute Gasteiger partial charge is 0.329 e. The number of hydrogen-bond donors (Lipinski definition) is 1. The molecule has 0 aromatic heterocycles. The molecule has 5 nitrogen and oxygen atoms in total. The van der Waals surface area contributed by atoms with Crippen LogP contribution in [0.5, 0.6) is 0 Å². The summed E-state index contributed by atoms with van der Waals surface area (Å²) < 4.78 is 28.3. The van der Waals surface area contributed by atoms with Gasteiger partial charge < -0.3 is 14.7 Å². The number of carboxylic acids is 1. The second-order valence-electron chi connectivity index (χ2n) is 4.80. The van der Waals surface area contributed by atoms with Crippen LogP contribution in [0.2, 0.25) is 0 Å². The number of nitrogens with zero attached hydrogens (tertiary/aromatic N) is 1. The predicted molar refractivity (Wildman–Crippen MR) is 63.0 cm³/mol. The van der Waals surface area contributed by atoms with Crippen molar-refractivity contribution in [1.82, 2.24) is 4.90 Å². The number of carbonyl (C=O) groups excluding carboxylic acids is 1. The summed E-state index contributed by atoms with van der Waals surface area (Å²) in [4.78, 5) is 24.6. The molecule has 1 amide bonds. The number of likely N-dealkylation sites (tertiary alicyclic amines) is 1. The van der Waals surface area contributed by atoms with Gasteiger partial charge in [-0.3, -0.25) is 4.79 Å². The molecule has 1 fully saturated rings. The number of alkyl halides is 2. The van der Waals surface area contributed by atoms with Crippen molar-refractivity contribution >= 4 is 11.9 Å².